The third kappa shape index (κ3) is 7.67. The van der Waals surface area contributed by atoms with E-state index >= 15 is 0 Å². The normalized spacial score (nSPS) is 24.5. The second-order valence-electron chi connectivity index (χ2n) is 7.49. The quantitative estimate of drug-likeness (QED) is 0.817. The van der Waals surface area contributed by atoms with Gasteiger partial charge in [0.15, 0.2) is 0 Å². The Bertz CT molecular complexity index is 320. The summed E-state index contributed by atoms with van der Waals surface area (Å²) >= 11 is 0. The van der Waals surface area contributed by atoms with Gasteiger partial charge in [-0.25, -0.2) is 4.79 Å². The Balaban J connectivity index is 2.23. The molecule has 1 saturated carbocycles. The van der Waals surface area contributed by atoms with Crippen LogP contribution in [0.5, 0.6) is 0 Å². The van der Waals surface area contributed by atoms with Crippen LogP contribution in [0.4, 0.5) is 4.79 Å². The van der Waals surface area contributed by atoms with Crippen molar-refractivity contribution >= 4 is 6.09 Å². The van der Waals surface area contributed by atoms with E-state index in [1.807, 2.05) is 20.8 Å². The van der Waals surface area contributed by atoms with Crippen molar-refractivity contribution in [1.29, 1.82) is 0 Å². The van der Waals surface area contributed by atoms with Crippen molar-refractivity contribution in [2.24, 2.45) is 11.7 Å². The average Bonchev–Trinajstić information content (AvgIpc) is 2.36. The van der Waals surface area contributed by atoms with Gasteiger partial charge in [0.25, 0.3) is 0 Å². The van der Waals surface area contributed by atoms with Gasteiger partial charge in [0.05, 0.1) is 0 Å². The maximum atomic E-state index is 11.9. The fraction of sp³-hybridized carbons (Fsp3) is 0.938. The van der Waals surface area contributed by atoms with Gasteiger partial charge >= 0.3 is 6.09 Å². The van der Waals surface area contributed by atoms with E-state index in [-0.39, 0.29) is 6.09 Å². The first-order valence-electron chi connectivity index (χ1n) is 8.10. The van der Waals surface area contributed by atoms with Gasteiger partial charge in [0.1, 0.15) is 5.60 Å². The van der Waals surface area contributed by atoms with E-state index in [9.17, 15) is 4.79 Å². The summed E-state index contributed by atoms with van der Waals surface area (Å²) in [6.07, 6.45) is 4.30. The van der Waals surface area contributed by atoms with Crippen LogP contribution in [0, 0.1) is 5.92 Å². The van der Waals surface area contributed by atoms with Crippen LogP contribution in [0.25, 0.3) is 0 Å². The summed E-state index contributed by atoms with van der Waals surface area (Å²) in [6, 6.07) is 0.970. The number of carbonyl (C=O) groups excluding carboxylic acids is 1. The number of ether oxygens (including phenoxy) is 1. The maximum absolute atomic E-state index is 11.9. The minimum atomic E-state index is -0.437. The van der Waals surface area contributed by atoms with Crippen molar-refractivity contribution < 1.29 is 9.53 Å². The summed E-state index contributed by atoms with van der Waals surface area (Å²) in [6.45, 7) is 9.44. The Morgan fingerprint density at radius 1 is 1.33 bits per heavy atom. The predicted molar refractivity (Wildman–Crippen MR) is 86.3 cm³/mol. The fourth-order valence-electron chi connectivity index (χ4n) is 2.64. The largest absolute Gasteiger partial charge is 0.444 e. The molecule has 1 rings (SSSR count). The zero-order valence-corrected chi connectivity index (χ0v) is 14.3. The third-order valence-electron chi connectivity index (χ3n) is 3.82. The monoisotopic (exact) mass is 299 g/mol. The van der Waals surface area contributed by atoms with Crippen LogP contribution in [0.3, 0.4) is 0 Å². The Labute approximate surface area is 129 Å². The van der Waals surface area contributed by atoms with Crippen molar-refractivity contribution in [2.75, 3.05) is 20.1 Å². The van der Waals surface area contributed by atoms with E-state index in [4.69, 9.17) is 10.5 Å². The van der Waals surface area contributed by atoms with Gasteiger partial charge in [-0.3, -0.25) is 0 Å². The summed E-state index contributed by atoms with van der Waals surface area (Å²) in [4.78, 5) is 13.6. The second kappa shape index (κ2) is 7.99. The van der Waals surface area contributed by atoms with Gasteiger partial charge in [-0.15, -0.1) is 0 Å². The topological polar surface area (TPSA) is 67.6 Å². The SMILES string of the molecule is CC(CNC1CCC(N)CC1)CN(C)C(=O)OC(C)(C)C. The molecule has 0 radical (unpaired) electrons. The van der Waals surface area contributed by atoms with Crippen molar-refractivity contribution in [1.82, 2.24) is 10.2 Å². The fourth-order valence-corrected chi connectivity index (χ4v) is 2.64. The van der Waals surface area contributed by atoms with Crippen molar-refractivity contribution in [3.05, 3.63) is 0 Å². The lowest BCUT2D eigenvalue weighted by molar-refractivity contribution is 0.0276. The van der Waals surface area contributed by atoms with Gasteiger partial charge in [-0.1, -0.05) is 6.92 Å². The summed E-state index contributed by atoms with van der Waals surface area (Å²) in [5, 5.41) is 3.60. The minimum Gasteiger partial charge on any atom is -0.444 e. The van der Waals surface area contributed by atoms with Crippen LogP contribution in [-0.4, -0.2) is 48.8 Å². The molecule has 21 heavy (non-hydrogen) atoms. The molecule has 5 nitrogen and oxygen atoms in total. The number of carbonyl (C=O) groups is 1. The van der Waals surface area contributed by atoms with Crippen LogP contribution < -0.4 is 11.1 Å². The summed E-state index contributed by atoms with van der Waals surface area (Å²) < 4.78 is 5.36. The zero-order chi connectivity index (χ0) is 16.0. The zero-order valence-electron chi connectivity index (χ0n) is 14.3. The molecule has 1 amide bonds. The lowest BCUT2D eigenvalue weighted by atomic mass is 9.91. The molecule has 5 heteroatoms. The number of nitrogens with two attached hydrogens (primary N) is 1. The predicted octanol–water partition coefficient (Wildman–Crippen LogP) is 2.35. The van der Waals surface area contributed by atoms with E-state index in [2.05, 4.69) is 12.2 Å². The second-order valence-corrected chi connectivity index (χ2v) is 7.49. The van der Waals surface area contributed by atoms with Crippen LogP contribution in [0.2, 0.25) is 0 Å². The minimum absolute atomic E-state index is 0.252. The number of hydrogen-bond acceptors (Lipinski definition) is 4. The first-order valence-corrected chi connectivity index (χ1v) is 8.10. The Hall–Kier alpha value is -0.810. The maximum Gasteiger partial charge on any atom is 0.410 e. The Morgan fingerprint density at radius 2 is 1.90 bits per heavy atom. The molecule has 1 fully saturated rings. The van der Waals surface area contributed by atoms with Crippen LogP contribution in [0.15, 0.2) is 0 Å². The summed E-state index contributed by atoms with van der Waals surface area (Å²) in [5.74, 6) is 0.401. The van der Waals surface area contributed by atoms with E-state index in [0.717, 1.165) is 32.2 Å². The number of nitrogens with one attached hydrogen (secondary N) is 1. The molecule has 0 saturated heterocycles. The molecular formula is C16H33N3O2. The summed E-state index contributed by atoms with van der Waals surface area (Å²) in [7, 11) is 1.80. The number of hydrogen-bond donors (Lipinski definition) is 2. The van der Waals surface area contributed by atoms with Crippen molar-refractivity contribution in [3.63, 3.8) is 0 Å². The molecule has 0 aliphatic heterocycles. The highest BCUT2D eigenvalue weighted by molar-refractivity contribution is 5.67. The van der Waals surface area contributed by atoms with E-state index in [1.165, 1.54) is 0 Å². The molecule has 0 aromatic carbocycles. The number of nitrogens with zero attached hydrogens (tertiary/aromatic N) is 1. The molecular weight excluding hydrogens is 266 g/mol. The van der Waals surface area contributed by atoms with Crippen molar-refractivity contribution in [3.8, 4) is 0 Å². The van der Waals surface area contributed by atoms with Gasteiger partial charge in [0, 0.05) is 25.7 Å². The average molecular weight is 299 g/mol. The number of amides is 1. The molecule has 1 unspecified atom stereocenters. The molecule has 1 aliphatic rings. The molecule has 0 aromatic heterocycles. The van der Waals surface area contributed by atoms with E-state index in [1.54, 1.807) is 11.9 Å². The van der Waals surface area contributed by atoms with Crippen molar-refractivity contribution in [2.45, 2.75) is 71.1 Å². The molecule has 1 atom stereocenters. The standard InChI is InChI=1S/C16H33N3O2/c1-12(10-18-14-8-6-13(17)7-9-14)11-19(5)15(20)21-16(2,3)4/h12-14,18H,6-11,17H2,1-5H3. The smallest absolute Gasteiger partial charge is 0.410 e. The molecule has 124 valence electrons. The van der Waals surface area contributed by atoms with Crippen LogP contribution in [0.1, 0.15) is 53.4 Å². The highest BCUT2D eigenvalue weighted by Gasteiger charge is 2.22. The van der Waals surface area contributed by atoms with Gasteiger partial charge < -0.3 is 20.7 Å². The molecule has 0 heterocycles. The van der Waals surface area contributed by atoms with E-state index in [0.29, 0.717) is 24.5 Å². The molecule has 0 bridgehead atoms. The molecule has 3 N–H and O–H groups in total. The first kappa shape index (κ1) is 18.2. The summed E-state index contributed by atoms with van der Waals surface area (Å²) in [5.41, 5.74) is 5.48. The molecule has 0 spiro atoms. The highest BCUT2D eigenvalue weighted by atomic mass is 16.6. The van der Waals surface area contributed by atoms with Crippen LogP contribution >= 0.6 is 0 Å². The van der Waals surface area contributed by atoms with Gasteiger partial charge in [-0.2, -0.15) is 0 Å². The Kier molecular flexibility index (Phi) is 6.94. The van der Waals surface area contributed by atoms with Gasteiger partial charge in [-0.05, 0) is 58.9 Å². The number of rotatable bonds is 5. The first-order chi connectivity index (χ1) is 9.67. The molecule has 1 aliphatic carbocycles. The molecule has 0 aromatic rings. The lowest BCUT2D eigenvalue weighted by Gasteiger charge is -2.29. The lowest BCUT2D eigenvalue weighted by Crippen LogP contribution is -2.42. The third-order valence-corrected chi connectivity index (χ3v) is 3.82. The van der Waals surface area contributed by atoms with E-state index < -0.39 is 5.60 Å². The highest BCUT2D eigenvalue weighted by Crippen LogP contribution is 2.17. The van der Waals surface area contributed by atoms with Gasteiger partial charge in [0.2, 0.25) is 0 Å². The van der Waals surface area contributed by atoms with Crippen LogP contribution in [-0.2, 0) is 4.74 Å². The Morgan fingerprint density at radius 3 is 2.43 bits per heavy atom.